The van der Waals surface area contributed by atoms with Gasteiger partial charge in [-0.15, -0.1) is 0 Å². The quantitative estimate of drug-likeness (QED) is 0.779. The lowest BCUT2D eigenvalue weighted by Gasteiger charge is -1.97. The van der Waals surface area contributed by atoms with Gasteiger partial charge in [0.25, 0.3) is 0 Å². The number of hydrogen-bond acceptors (Lipinski definition) is 3. The molecule has 80 valence electrons. The smallest absolute Gasteiger partial charge is 0.177 e. The molecule has 0 aliphatic carbocycles. The molecule has 16 heavy (non-hydrogen) atoms. The number of ether oxygens (including phenoxy) is 1. The van der Waals surface area contributed by atoms with E-state index in [0.717, 1.165) is 10.9 Å². The topological polar surface area (TPSA) is 65.9 Å². The molecule has 0 aliphatic heterocycles. The zero-order valence-corrected chi connectivity index (χ0v) is 9.00. The van der Waals surface area contributed by atoms with E-state index in [4.69, 9.17) is 10.00 Å². The number of nitriles is 1. The summed E-state index contributed by atoms with van der Waals surface area (Å²) in [5, 5.41) is 9.77. The van der Waals surface area contributed by atoms with Gasteiger partial charge in [0.1, 0.15) is 17.5 Å². The van der Waals surface area contributed by atoms with Crippen LogP contribution in [0.1, 0.15) is 23.0 Å². The number of nitrogens with zero attached hydrogens (tertiary/aromatic N) is 1. The molecule has 0 spiro atoms. The molecule has 1 aromatic carbocycles. The molecule has 0 atom stereocenters. The number of H-pyrrole nitrogens is 1. The first kappa shape index (κ1) is 10.2. The fraction of sp³-hybridized carbons (Fsp3) is 0.167. The number of nitrogens with one attached hydrogen (secondary N) is 1. The van der Waals surface area contributed by atoms with E-state index in [1.165, 1.54) is 6.92 Å². The monoisotopic (exact) mass is 214 g/mol. The maximum atomic E-state index is 11.3. The van der Waals surface area contributed by atoms with Crippen LogP contribution in [0.3, 0.4) is 0 Å². The van der Waals surface area contributed by atoms with Crippen molar-refractivity contribution in [3.63, 3.8) is 0 Å². The normalized spacial score (nSPS) is 10.1. The molecule has 4 heteroatoms. The van der Waals surface area contributed by atoms with Gasteiger partial charge in [-0.2, -0.15) is 5.26 Å². The van der Waals surface area contributed by atoms with Crippen molar-refractivity contribution in [2.75, 3.05) is 7.11 Å². The van der Waals surface area contributed by atoms with Crippen molar-refractivity contribution in [3.8, 4) is 11.8 Å². The van der Waals surface area contributed by atoms with Gasteiger partial charge in [0.2, 0.25) is 0 Å². The molecule has 0 unspecified atom stereocenters. The Balaban J connectivity index is 2.77. The van der Waals surface area contributed by atoms with Gasteiger partial charge >= 0.3 is 0 Å². The standard InChI is InChI=1S/C12H10N2O2/c1-7(15)12-10(6-13)9-4-3-8(16-2)5-11(9)14-12/h3-5,14H,1-2H3. The molecule has 4 nitrogen and oxygen atoms in total. The minimum atomic E-state index is -0.147. The molecule has 0 saturated heterocycles. The molecule has 0 bridgehead atoms. The molecule has 0 saturated carbocycles. The van der Waals surface area contributed by atoms with Gasteiger partial charge in [0.15, 0.2) is 5.78 Å². The Hall–Kier alpha value is -2.28. The zero-order chi connectivity index (χ0) is 11.7. The highest BCUT2D eigenvalue weighted by Crippen LogP contribution is 2.25. The fourth-order valence-electron chi connectivity index (χ4n) is 1.68. The number of hydrogen-bond donors (Lipinski definition) is 1. The van der Waals surface area contributed by atoms with Crippen LogP contribution in [0.15, 0.2) is 18.2 Å². The summed E-state index contributed by atoms with van der Waals surface area (Å²) in [5.74, 6) is 0.542. The molecular weight excluding hydrogens is 204 g/mol. The van der Waals surface area contributed by atoms with Crippen LogP contribution in [0.5, 0.6) is 5.75 Å². The van der Waals surface area contributed by atoms with Crippen molar-refractivity contribution in [1.82, 2.24) is 4.98 Å². The van der Waals surface area contributed by atoms with Crippen molar-refractivity contribution >= 4 is 16.7 Å². The Kier molecular flexibility index (Phi) is 2.37. The van der Waals surface area contributed by atoms with Crippen LogP contribution < -0.4 is 4.74 Å². The number of methoxy groups -OCH3 is 1. The van der Waals surface area contributed by atoms with Crippen LogP contribution >= 0.6 is 0 Å². The van der Waals surface area contributed by atoms with E-state index in [9.17, 15) is 4.79 Å². The Morgan fingerprint density at radius 3 is 2.81 bits per heavy atom. The Morgan fingerprint density at radius 2 is 2.25 bits per heavy atom. The third kappa shape index (κ3) is 1.43. The van der Waals surface area contributed by atoms with Crippen molar-refractivity contribution in [3.05, 3.63) is 29.5 Å². The van der Waals surface area contributed by atoms with Crippen LogP contribution in [0.25, 0.3) is 10.9 Å². The molecule has 1 aromatic heterocycles. The predicted molar refractivity (Wildman–Crippen MR) is 59.6 cm³/mol. The third-order valence-corrected chi connectivity index (χ3v) is 2.47. The Labute approximate surface area is 92.4 Å². The van der Waals surface area contributed by atoms with Crippen LogP contribution in [0.4, 0.5) is 0 Å². The van der Waals surface area contributed by atoms with Crippen molar-refractivity contribution in [1.29, 1.82) is 5.26 Å². The van der Waals surface area contributed by atoms with Gasteiger partial charge < -0.3 is 9.72 Å². The maximum absolute atomic E-state index is 11.3. The summed E-state index contributed by atoms with van der Waals surface area (Å²) in [6.45, 7) is 1.43. The van der Waals surface area contributed by atoms with Gasteiger partial charge in [0.05, 0.1) is 18.2 Å². The fourth-order valence-corrected chi connectivity index (χ4v) is 1.68. The second-order valence-corrected chi connectivity index (χ2v) is 3.45. The minimum absolute atomic E-state index is 0.147. The average molecular weight is 214 g/mol. The van der Waals surface area contributed by atoms with Gasteiger partial charge in [0, 0.05) is 18.4 Å². The van der Waals surface area contributed by atoms with Gasteiger partial charge in [-0.3, -0.25) is 4.79 Å². The molecular formula is C12H10N2O2. The lowest BCUT2D eigenvalue weighted by atomic mass is 10.1. The Morgan fingerprint density at radius 1 is 1.50 bits per heavy atom. The highest BCUT2D eigenvalue weighted by molar-refractivity contribution is 6.02. The molecule has 0 fully saturated rings. The second-order valence-electron chi connectivity index (χ2n) is 3.45. The number of rotatable bonds is 2. The number of fused-ring (bicyclic) bond motifs is 1. The molecule has 1 N–H and O–H groups in total. The molecule has 0 aliphatic rings. The van der Waals surface area contributed by atoms with E-state index >= 15 is 0 Å². The lowest BCUT2D eigenvalue weighted by molar-refractivity contribution is 0.101. The summed E-state index contributed by atoms with van der Waals surface area (Å²) in [6, 6.07) is 7.35. The van der Waals surface area contributed by atoms with Crippen molar-refractivity contribution in [2.24, 2.45) is 0 Å². The summed E-state index contributed by atoms with van der Waals surface area (Å²) < 4.78 is 5.08. The summed E-state index contributed by atoms with van der Waals surface area (Å²) >= 11 is 0. The van der Waals surface area contributed by atoms with Crippen molar-refractivity contribution in [2.45, 2.75) is 6.92 Å². The number of benzene rings is 1. The number of Topliss-reactive ketones (excluding diaryl/α,β-unsaturated/α-hetero) is 1. The molecule has 0 radical (unpaired) electrons. The molecule has 1 heterocycles. The van der Waals surface area contributed by atoms with E-state index in [-0.39, 0.29) is 5.78 Å². The first-order valence-corrected chi connectivity index (χ1v) is 4.78. The van der Waals surface area contributed by atoms with E-state index < -0.39 is 0 Å². The molecule has 2 aromatic rings. The van der Waals surface area contributed by atoms with Crippen LogP contribution in [-0.4, -0.2) is 17.9 Å². The largest absolute Gasteiger partial charge is 0.497 e. The van der Waals surface area contributed by atoms with E-state index in [1.807, 2.05) is 6.07 Å². The maximum Gasteiger partial charge on any atom is 0.177 e. The molecule has 2 rings (SSSR count). The predicted octanol–water partition coefficient (Wildman–Crippen LogP) is 2.25. The number of carbonyl (C=O) groups is 1. The first-order chi connectivity index (χ1) is 7.67. The van der Waals surface area contributed by atoms with Gasteiger partial charge in [-0.1, -0.05) is 0 Å². The summed E-state index contributed by atoms with van der Waals surface area (Å²) in [5.41, 5.74) is 1.48. The van der Waals surface area contributed by atoms with Gasteiger partial charge in [-0.25, -0.2) is 0 Å². The SMILES string of the molecule is COc1ccc2c(C#N)c(C(C)=O)[nH]c2c1. The lowest BCUT2D eigenvalue weighted by Crippen LogP contribution is -1.94. The molecule has 0 amide bonds. The van der Waals surface area contributed by atoms with E-state index in [0.29, 0.717) is 17.0 Å². The van der Waals surface area contributed by atoms with Crippen LogP contribution in [0.2, 0.25) is 0 Å². The van der Waals surface area contributed by atoms with Crippen LogP contribution in [0, 0.1) is 11.3 Å². The van der Waals surface area contributed by atoms with E-state index in [2.05, 4.69) is 4.98 Å². The summed E-state index contributed by atoms with van der Waals surface area (Å²) in [4.78, 5) is 14.3. The highest BCUT2D eigenvalue weighted by Gasteiger charge is 2.14. The van der Waals surface area contributed by atoms with Crippen LogP contribution in [-0.2, 0) is 0 Å². The first-order valence-electron chi connectivity index (χ1n) is 4.78. The summed E-state index contributed by atoms with van der Waals surface area (Å²) in [6.07, 6.45) is 0. The number of carbonyl (C=O) groups excluding carboxylic acids is 1. The zero-order valence-electron chi connectivity index (χ0n) is 9.00. The van der Waals surface area contributed by atoms with Gasteiger partial charge in [-0.05, 0) is 12.1 Å². The average Bonchev–Trinajstić information content (AvgIpc) is 2.66. The van der Waals surface area contributed by atoms with E-state index in [1.54, 1.807) is 25.3 Å². The summed E-state index contributed by atoms with van der Waals surface area (Å²) in [7, 11) is 1.57. The second kappa shape index (κ2) is 3.70. The third-order valence-electron chi connectivity index (χ3n) is 2.47. The number of aromatic amines is 1. The highest BCUT2D eigenvalue weighted by atomic mass is 16.5. The Bertz CT molecular complexity index is 605. The van der Waals surface area contributed by atoms with Crippen molar-refractivity contribution < 1.29 is 9.53 Å². The number of ketones is 1. The minimum Gasteiger partial charge on any atom is -0.497 e. The number of aromatic nitrogens is 1.